The van der Waals surface area contributed by atoms with Crippen LogP contribution < -0.4 is 4.90 Å². The summed E-state index contributed by atoms with van der Waals surface area (Å²) < 4.78 is 14.8. The smallest absolute Gasteiger partial charge is 0.280 e. The number of anilines is 1. The predicted molar refractivity (Wildman–Crippen MR) is 91.7 cm³/mol. The van der Waals surface area contributed by atoms with Gasteiger partial charge in [0.15, 0.2) is 5.69 Å². The molecule has 0 spiro atoms. The van der Waals surface area contributed by atoms with Crippen molar-refractivity contribution in [1.82, 2.24) is 20.0 Å². The molecule has 25 heavy (non-hydrogen) atoms. The Hall–Kier alpha value is -3.09. The molecule has 2 aromatic heterocycles. The molecule has 3 aromatic rings. The fourth-order valence-electron chi connectivity index (χ4n) is 2.57. The number of aromatic nitrogens is 4. The summed E-state index contributed by atoms with van der Waals surface area (Å²) in [5.41, 5.74) is 1.67. The summed E-state index contributed by atoms with van der Waals surface area (Å²) in [6, 6.07) is 9.78. The van der Waals surface area contributed by atoms with E-state index >= 15 is 0 Å². The van der Waals surface area contributed by atoms with Crippen molar-refractivity contribution in [2.45, 2.75) is 26.4 Å². The van der Waals surface area contributed by atoms with Gasteiger partial charge in [-0.15, -0.1) is 5.10 Å². The van der Waals surface area contributed by atoms with Gasteiger partial charge in [0.25, 0.3) is 5.91 Å². The van der Waals surface area contributed by atoms with Gasteiger partial charge in [0, 0.05) is 12.2 Å². The molecule has 0 aliphatic carbocycles. The minimum Gasteiger partial charge on any atom is -0.303 e. The van der Waals surface area contributed by atoms with Crippen LogP contribution in [0.4, 0.5) is 10.1 Å². The lowest BCUT2D eigenvalue weighted by molar-refractivity contribution is 0.0975. The van der Waals surface area contributed by atoms with Crippen molar-refractivity contribution >= 4 is 11.6 Å². The van der Waals surface area contributed by atoms with Crippen LogP contribution in [0.2, 0.25) is 0 Å². The minimum atomic E-state index is -0.309. The highest BCUT2D eigenvalue weighted by Gasteiger charge is 2.23. The molecule has 1 aromatic carbocycles. The van der Waals surface area contributed by atoms with Crippen LogP contribution >= 0.6 is 0 Å². The minimum absolute atomic E-state index is 0.0648. The number of rotatable bonds is 5. The van der Waals surface area contributed by atoms with Gasteiger partial charge in [-0.1, -0.05) is 17.3 Å². The van der Waals surface area contributed by atoms with Crippen LogP contribution in [-0.4, -0.2) is 31.9 Å². The Morgan fingerprint density at radius 2 is 2.12 bits per heavy atom. The standard InChI is InChI=1S/C18H18FN5O/c1-13(2)24(16-7-4-8-20-10-16)18(25)17-12-23(22-21-17)11-14-5-3-6-15(19)9-14/h3-10,12-13H,11H2,1-2H3. The summed E-state index contributed by atoms with van der Waals surface area (Å²) in [7, 11) is 0. The monoisotopic (exact) mass is 339 g/mol. The topological polar surface area (TPSA) is 63.9 Å². The van der Waals surface area contributed by atoms with Crippen molar-refractivity contribution in [3.8, 4) is 0 Å². The van der Waals surface area contributed by atoms with E-state index in [2.05, 4.69) is 15.3 Å². The summed E-state index contributed by atoms with van der Waals surface area (Å²) in [6.07, 6.45) is 4.86. The van der Waals surface area contributed by atoms with Crippen molar-refractivity contribution < 1.29 is 9.18 Å². The van der Waals surface area contributed by atoms with Gasteiger partial charge < -0.3 is 4.90 Å². The fourth-order valence-corrected chi connectivity index (χ4v) is 2.57. The molecule has 0 saturated carbocycles. The summed E-state index contributed by atoms with van der Waals surface area (Å²) in [6.45, 7) is 4.18. The number of hydrogen-bond acceptors (Lipinski definition) is 4. The lowest BCUT2D eigenvalue weighted by Gasteiger charge is -2.25. The molecule has 0 bridgehead atoms. The molecule has 0 N–H and O–H groups in total. The Bertz CT molecular complexity index is 863. The van der Waals surface area contributed by atoms with Crippen LogP contribution in [0.3, 0.4) is 0 Å². The molecule has 1 amide bonds. The molecule has 0 aliphatic heterocycles. The second-order valence-electron chi connectivity index (χ2n) is 5.91. The van der Waals surface area contributed by atoms with Crippen LogP contribution in [-0.2, 0) is 6.54 Å². The number of benzene rings is 1. The highest BCUT2D eigenvalue weighted by molar-refractivity contribution is 6.04. The molecule has 7 heteroatoms. The number of nitrogens with zero attached hydrogens (tertiary/aromatic N) is 5. The van der Waals surface area contributed by atoms with Crippen molar-refractivity contribution in [2.75, 3.05) is 4.90 Å². The lowest BCUT2D eigenvalue weighted by atomic mass is 10.2. The first kappa shape index (κ1) is 16.8. The molecule has 0 saturated heterocycles. The van der Waals surface area contributed by atoms with Crippen molar-refractivity contribution in [1.29, 1.82) is 0 Å². The van der Waals surface area contributed by atoms with Gasteiger partial charge in [-0.3, -0.25) is 9.78 Å². The van der Waals surface area contributed by atoms with Gasteiger partial charge in [-0.2, -0.15) is 0 Å². The van der Waals surface area contributed by atoms with E-state index in [-0.39, 0.29) is 23.5 Å². The van der Waals surface area contributed by atoms with Crippen LogP contribution in [0.1, 0.15) is 29.9 Å². The fraction of sp³-hybridized carbons (Fsp3) is 0.222. The number of hydrogen-bond donors (Lipinski definition) is 0. The SMILES string of the molecule is CC(C)N(C(=O)c1cn(Cc2cccc(F)c2)nn1)c1cccnc1. The van der Waals surface area contributed by atoms with Crippen molar-refractivity contribution in [2.24, 2.45) is 0 Å². The van der Waals surface area contributed by atoms with E-state index in [4.69, 9.17) is 0 Å². The average Bonchev–Trinajstić information content (AvgIpc) is 3.04. The van der Waals surface area contributed by atoms with Gasteiger partial charge in [-0.25, -0.2) is 9.07 Å². The Morgan fingerprint density at radius 3 is 2.80 bits per heavy atom. The largest absolute Gasteiger partial charge is 0.303 e. The van der Waals surface area contributed by atoms with E-state index in [1.807, 2.05) is 19.9 Å². The number of carbonyl (C=O) groups is 1. The van der Waals surface area contributed by atoms with Crippen LogP contribution in [0.25, 0.3) is 0 Å². The maximum atomic E-state index is 13.3. The Balaban J connectivity index is 1.81. The molecule has 0 fully saturated rings. The summed E-state index contributed by atoms with van der Waals surface area (Å²) in [5, 5.41) is 7.95. The van der Waals surface area contributed by atoms with Crippen molar-refractivity contribution in [3.63, 3.8) is 0 Å². The van der Waals surface area contributed by atoms with Gasteiger partial charge in [-0.05, 0) is 43.7 Å². The second-order valence-corrected chi connectivity index (χ2v) is 5.91. The maximum Gasteiger partial charge on any atom is 0.280 e. The normalized spacial score (nSPS) is 10.9. The Morgan fingerprint density at radius 1 is 1.28 bits per heavy atom. The zero-order valence-corrected chi connectivity index (χ0v) is 14.0. The Kier molecular flexibility index (Phi) is 4.83. The molecule has 6 nitrogen and oxygen atoms in total. The number of halogens is 1. The number of carbonyl (C=O) groups excluding carboxylic acids is 1. The lowest BCUT2D eigenvalue weighted by Crippen LogP contribution is -2.37. The first-order chi connectivity index (χ1) is 12.0. The van der Waals surface area contributed by atoms with E-state index in [1.54, 1.807) is 41.7 Å². The maximum absolute atomic E-state index is 13.3. The van der Waals surface area contributed by atoms with Crippen LogP contribution in [0, 0.1) is 5.82 Å². The van der Waals surface area contributed by atoms with E-state index in [1.165, 1.54) is 16.8 Å². The highest BCUT2D eigenvalue weighted by atomic mass is 19.1. The third-order valence-electron chi connectivity index (χ3n) is 3.65. The number of pyridine rings is 1. The van der Waals surface area contributed by atoms with Gasteiger partial charge >= 0.3 is 0 Å². The second kappa shape index (κ2) is 7.21. The first-order valence-corrected chi connectivity index (χ1v) is 7.93. The molecular weight excluding hydrogens is 321 g/mol. The molecule has 0 atom stereocenters. The van der Waals surface area contributed by atoms with Gasteiger partial charge in [0.05, 0.1) is 24.6 Å². The predicted octanol–water partition coefficient (Wildman–Crippen LogP) is 2.92. The van der Waals surface area contributed by atoms with Crippen LogP contribution in [0.15, 0.2) is 55.0 Å². The quantitative estimate of drug-likeness (QED) is 0.717. The molecular formula is C18H18FN5O. The average molecular weight is 339 g/mol. The third-order valence-corrected chi connectivity index (χ3v) is 3.65. The van der Waals surface area contributed by atoms with Crippen molar-refractivity contribution in [3.05, 3.63) is 72.1 Å². The highest BCUT2D eigenvalue weighted by Crippen LogP contribution is 2.18. The Labute approximate surface area is 144 Å². The van der Waals surface area contributed by atoms with E-state index < -0.39 is 0 Å². The summed E-state index contributed by atoms with van der Waals surface area (Å²) in [5.74, 6) is -0.565. The zero-order valence-electron chi connectivity index (χ0n) is 14.0. The third kappa shape index (κ3) is 3.88. The molecule has 0 aliphatic rings. The van der Waals surface area contributed by atoms with Gasteiger partial charge in [0.2, 0.25) is 0 Å². The van der Waals surface area contributed by atoms with Crippen LogP contribution in [0.5, 0.6) is 0 Å². The molecule has 2 heterocycles. The molecule has 3 rings (SSSR count). The first-order valence-electron chi connectivity index (χ1n) is 7.93. The van der Waals surface area contributed by atoms with E-state index in [0.717, 1.165) is 5.56 Å². The summed E-state index contributed by atoms with van der Waals surface area (Å²) >= 11 is 0. The molecule has 0 unspecified atom stereocenters. The molecule has 128 valence electrons. The van der Waals surface area contributed by atoms with E-state index in [9.17, 15) is 9.18 Å². The van der Waals surface area contributed by atoms with Gasteiger partial charge in [0.1, 0.15) is 5.82 Å². The summed E-state index contributed by atoms with van der Waals surface area (Å²) in [4.78, 5) is 18.5. The number of amides is 1. The zero-order chi connectivity index (χ0) is 17.8. The molecule has 0 radical (unpaired) electrons. The van der Waals surface area contributed by atoms with E-state index in [0.29, 0.717) is 12.2 Å².